The van der Waals surface area contributed by atoms with E-state index in [1.807, 2.05) is 6.07 Å². The predicted octanol–water partition coefficient (Wildman–Crippen LogP) is 2.96. The van der Waals surface area contributed by atoms with Crippen molar-refractivity contribution in [2.24, 2.45) is 0 Å². The van der Waals surface area contributed by atoms with Crippen molar-refractivity contribution >= 4 is 57.7 Å². The number of nitrogens with one attached hydrogen (secondary N) is 2. The van der Waals surface area contributed by atoms with Crippen LogP contribution in [0.3, 0.4) is 0 Å². The number of carbonyl (C=O) groups is 1. The molecule has 34 heavy (non-hydrogen) atoms. The molecule has 0 atom stereocenters. The molecule has 11 nitrogen and oxygen atoms in total. The number of hydrogen-bond donors (Lipinski definition) is 3. The number of nitrogens with zero attached hydrogens (tertiary/aromatic N) is 6. The van der Waals surface area contributed by atoms with Crippen LogP contribution >= 0.6 is 34.8 Å². The maximum atomic E-state index is 12.7. The second-order valence-corrected chi connectivity index (χ2v) is 8.45. The van der Waals surface area contributed by atoms with Crippen molar-refractivity contribution in [3.63, 3.8) is 0 Å². The number of benzene rings is 1. The van der Waals surface area contributed by atoms with E-state index >= 15 is 0 Å². The van der Waals surface area contributed by atoms with Crippen molar-refractivity contribution in [3.05, 3.63) is 67.1 Å². The second-order valence-electron chi connectivity index (χ2n) is 7.25. The van der Waals surface area contributed by atoms with Crippen LogP contribution in [0.15, 0.2) is 35.3 Å². The number of carbonyl (C=O) groups excluding carboxylic acids is 1. The molecule has 1 aromatic carbocycles. The molecular formula is C20H17Cl3N8O3. The van der Waals surface area contributed by atoms with Crippen LogP contribution in [-0.2, 0) is 13.1 Å². The van der Waals surface area contributed by atoms with Gasteiger partial charge in [-0.3, -0.25) is 19.3 Å². The molecule has 0 radical (unpaired) electrons. The minimum absolute atomic E-state index is 0.0196. The average molecular weight is 524 g/mol. The highest BCUT2D eigenvalue weighted by Gasteiger charge is 2.19. The lowest BCUT2D eigenvalue weighted by molar-refractivity contribution is 0.0785. The number of halogens is 3. The molecule has 0 aliphatic heterocycles. The van der Waals surface area contributed by atoms with Gasteiger partial charge in [0, 0.05) is 20.1 Å². The number of rotatable bonds is 7. The Morgan fingerprint density at radius 2 is 2.00 bits per heavy atom. The fourth-order valence-corrected chi connectivity index (χ4v) is 3.63. The van der Waals surface area contributed by atoms with Crippen molar-refractivity contribution in [1.29, 1.82) is 0 Å². The van der Waals surface area contributed by atoms with Gasteiger partial charge in [0.15, 0.2) is 10.7 Å². The SMILES string of the molecule is CN(CCn1ncc2nc(NCc3ccc(Cl)c(Cl)c3)[nH]c(=O)c21)C(=O)c1cc(Cl)nnc1O. The van der Waals surface area contributed by atoms with Crippen LogP contribution in [0.2, 0.25) is 15.2 Å². The molecule has 0 aliphatic carbocycles. The molecule has 3 N–H and O–H groups in total. The normalized spacial score (nSPS) is 11.1. The first-order valence-electron chi connectivity index (χ1n) is 9.84. The van der Waals surface area contributed by atoms with E-state index in [-0.39, 0.29) is 35.3 Å². The lowest BCUT2D eigenvalue weighted by atomic mass is 10.2. The van der Waals surface area contributed by atoms with Crippen molar-refractivity contribution < 1.29 is 9.90 Å². The topological polar surface area (TPSA) is 142 Å². The fourth-order valence-electron chi connectivity index (χ4n) is 3.17. The van der Waals surface area contributed by atoms with Crippen molar-refractivity contribution in [2.45, 2.75) is 13.1 Å². The minimum Gasteiger partial charge on any atom is -0.492 e. The van der Waals surface area contributed by atoms with Gasteiger partial charge in [-0.2, -0.15) is 5.10 Å². The Hall–Kier alpha value is -3.41. The summed E-state index contributed by atoms with van der Waals surface area (Å²) in [5, 5.41) is 24.8. The van der Waals surface area contributed by atoms with Gasteiger partial charge in [0.05, 0.1) is 22.8 Å². The molecule has 4 aromatic rings. The number of aromatic amines is 1. The molecule has 0 saturated heterocycles. The van der Waals surface area contributed by atoms with Gasteiger partial charge in [-0.1, -0.05) is 40.9 Å². The van der Waals surface area contributed by atoms with Gasteiger partial charge >= 0.3 is 0 Å². The average Bonchev–Trinajstić information content (AvgIpc) is 3.23. The summed E-state index contributed by atoms with van der Waals surface area (Å²) in [6.07, 6.45) is 1.47. The van der Waals surface area contributed by atoms with E-state index in [0.717, 1.165) is 5.56 Å². The minimum atomic E-state index is -0.521. The van der Waals surface area contributed by atoms with Crippen LogP contribution in [-0.4, -0.2) is 59.5 Å². The molecule has 3 heterocycles. The summed E-state index contributed by atoms with van der Waals surface area (Å²) in [4.78, 5) is 33.7. The number of fused-ring (bicyclic) bond motifs is 1. The molecule has 176 valence electrons. The molecule has 0 bridgehead atoms. The largest absolute Gasteiger partial charge is 0.492 e. The van der Waals surface area contributed by atoms with Crippen LogP contribution < -0.4 is 10.9 Å². The van der Waals surface area contributed by atoms with E-state index in [2.05, 4.69) is 30.6 Å². The summed E-state index contributed by atoms with van der Waals surface area (Å²) in [6.45, 7) is 0.762. The standard InChI is InChI=1S/C20H17Cl3N8O3/c1-30(19(34)11-7-15(23)28-29-17(11)32)4-5-31-16-14(9-25-31)26-20(27-18(16)33)24-8-10-2-3-12(21)13(22)6-10/h2-3,6-7,9H,4-5,8H2,1H3,(H,29,32)(H2,24,26,27,33). The summed E-state index contributed by atoms with van der Waals surface area (Å²) in [5.41, 5.74) is 1.03. The fraction of sp³-hybridized carbons (Fsp3) is 0.200. The summed E-state index contributed by atoms with van der Waals surface area (Å²) in [6, 6.07) is 6.45. The molecular weight excluding hydrogens is 507 g/mol. The highest BCUT2D eigenvalue weighted by Crippen LogP contribution is 2.23. The van der Waals surface area contributed by atoms with Gasteiger partial charge in [0.2, 0.25) is 11.8 Å². The van der Waals surface area contributed by atoms with Crippen molar-refractivity contribution in [3.8, 4) is 5.88 Å². The summed E-state index contributed by atoms with van der Waals surface area (Å²) in [7, 11) is 1.54. The van der Waals surface area contributed by atoms with Gasteiger partial charge in [-0.05, 0) is 23.8 Å². The number of anilines is 1. The van der Waals surface area contributed by atoms with Crippen molar-refractivity contribution in [2.75, 3.05) is 18.9 Å². The molecule has 0 spiro atoms. The quantitative estimate of drug-likeness (QED) is 0.336. The Balaban J connectivity index is 1.45. The third-order valence-electron chi connectivity index (χ3n) is 4.91. The zero-order valence-corrected chi connectivity index (χ0v) is 19.9. The van der Waals surface area contributed by atoms with Crippen LogP contribution in [0.1, 0.15) is 15.9 Å². The molecule has 0 fully saturated rings. The first-order chi connectivity index (χ1) is 16.2. The van der Waals surface area contributed by atoms with Crippen LogP contribution in [0.5, 0.6) is 5.88 Å². The highest BCUT2D eigenvalue weighted by molar-refractivity contribution is 6.42. The summed E-state index contributed by atoms with van der Waals surface area (Å²) in [5.74, 6) is -0.758. The van der Waals surface area contributed by atoms with Crippen LogP contribution in [0.4, 0.5) is 5.95 Å². The van der Waals surface area contributed by atoms with Gasteiger partial charge in [-0.25, -0.2) is 4.98 Å². The van der Waals surface area contributed by atoms with Gasteiger partial charge in [0.25, 0.3) is 11.5 Å². The number of aromatic hydroxyl groups is 1. The van der Waals surface area contributed by atoms with E-state index < -0.39 is 17.3 Å². The molecule has 0 aliphatic rings. The van der Waals surface area contributed by atoms with E-state index in [1.165, 1.54) is 28.9 Å². The summed E-state index contributed by atoms with van der Waals surface area (Å²) >= 11 is 17.7. The molecule has 0 unspecified atom stereocenters. The zero-order chi connectivity index (χ0) is 24.4. The maximum Gasteiger partial charge on any atom is 0.278 e. The summed E-state index contributed by atoms with van der Waals surface area (Å²) < 4.78 is 1.45. The molecule has 0 saturated carbocycles. The maximum absolute atomic E-state index is 12.7. The van der Waals surface area contributed by atoms with Gasteiger partial charge in [-0.15, -0.1) is 10.2 Å². The number of aromatic nitrogens is 6. The molecule has 3 aromatic heterocycles. The molecule has 14 heteroatoms. The van der Waals surface area contributed by atoms with Gasteiger partial charge in [0.1, 0.15) is 11.1 Å². The Morgan fingerprint density at radius 1 is 1.21 bits per heavy atom. The Morgan fingerprint density at radius 3 is 2.76 bits per heavy atom. The lowest BCUT2D eigenvalue weighted by Gasteiger charge is -2.17. The van der Waals surface area contributed by atoms with Crippen LogP contribution in [0.25, 0.3) is 11.0 Å². The van der Waals surface area contributed by atoms with E-state index in [0.29, 0.717) is 22.1 Å². The third-order valence-corrected chi connectivity index (χ3v) is 5.84. The highest BCUT2D eigenvalue weighted by atomic mass is 35.5. The first kappa shape index (κ1) is 23.7. The predicted molar refractivity (Wildman–Crippen MR) is 128 cm³/mol. The van der Waals surface area contributed by atoms with E-state index in [4.69, 9.17) is 34.8 Å². The first-order valence-corrected chi connectivity index (χ1v) is 11.0. The second kappa shape index (κ2) is 9.84. The smallest absolute Gasteiger partial charge is 0.278 e. The Labute approximate surface area is 207 Å². The Bertz CT molecular complexity index is 1440. The molecule has 4 rings (SSSR count). The Kier molecular flexibility index (Phi) is 6.87. The lowest BCUT2D eigenvalue weighted by Crippen LogP contribution is -2.31. The number of likely N-dealkylation sites (N-methyl/N-ethyl adjacent to an activating group) is 1. The third kappa shape index (κ3) is 5.06. The van der Waals surface area contributed by atoms with Crippen LogP contribution in [0, 0.1) is 0 Å². The van der Waals surface area contributed by atoms with E-state index in [9.17, 15) is 14.7 Å². The van der Waals surface area contributed by atoms with Gasteiger partial charge < -0.3 is 15.3 Å². The molecule has 1 amide bonds. The number of H-pyrrole nitrogens is 1. The number of amides is 1. The van der Waals surface area contributed by atoms with Crippen molar-refractivity contribution in [1.82, 2.24) is 34.8 Å². The monoisotopic (exact) mass is 522 g/mol. The van der Waals surface area contributed by atoms with E-state index in [1.54, 1.807) is 12.1 Å². The number of hydrogen-bond acceptors (Lipinski definition) is 8. The zero-order valence-electron chi connectivity index (χ0n) is 17.6.